The number of nitrogens with zero attached hydrogens (tertiary/aromatic N) is 2. The largest absolute Gasteiger partial charge is 0.478 e. The van der Waals surface area contributed by atoms with Crippen molar-refractivity contribution < 1.29 is 9.90 Å². The van der Waals surface area contributed by atoms with E-state index >= 15 is 0 Å². The predicted octanol–water partition coefficient (Wildman–Crippen LogP) is 2.10. The number of hydrogen-bond acceptors (Lipinski definition) is 4. The second-order valence-corrected chi connectivity index (χ2v) is 3.92. The zero-order chi connectivity index (χ0) is 13.5. The molecule has 5 nitrogen and oxygen atoms in total. The number of rotatable bonds is 6. The van der Waals surface area contributed by atoms with Gasteiger partial charge in [-0.25, -0.2) is 4.79 Å². The Hall–Kier alpha value is -2.22. The standard InChI is InChI=1S/C13H17N3O2/c1-2-16(8-4-3-7-14)12-6-5-10(13(17)18)9-11(12)15/h5-6,9H,2-4,8,15H2,1H3,(H,17,18). The van der Waals surface area contributed by atoms with Gasteiger partial charge in [-0.15, -0.1) is 0 Å². The summed E-state index contributed by atoms with van der Waals surface area (Å²) in [5, 5.41) is 17.4. The Morgan fingerprint density at radius 2 is 2.28 bits per heavy atom. The molecule has 0 spiro atoms. The zero-order valence-electron chi connectivity index (χ0n) is 10.4. The Morgan fingerprint density at radius 3 is 2.78 bits per heavy atom. The smallest absolute Gasteiger partial charge is 0.335 e. The van der Waals surface area contributed by atoms with Crippen LogP contribution in [0.5, 0.6) is 0 Å². The highest BCUT2D eigenvalue weighted by atomic mass is 16.4. The number of nitriles is 1. The van der Waals surface area contributed by atoms with Crippen LogP contribution in [0.25, 0.3) is 0 Å². The molecule has 0 aliphatic heterocycles. The molecule has 3 N–H and O–H groups in total. The molecule has 0 radical (unpaired) electrons. The summed E-state index contributed by atoms with van der Waals surface area (Å²) < 4.78 is 0. The third-order valence-corrected chi connectivity index (χ3v) is 2.71. The molecule has 0 aromatic heterocycles. The van der Waals surface area contributed by atoms with E-state index in [1.165, 1.54) is 6.07 Å². The van der Waals surface area contributed by atoms with Crippen molar-refractivity contribution in [3.63, 3.8) is 0 Å². The van der Waals surface area contributed by atoms with E-state index in [4.69, 9.17) is 16.1 Å². The molecule has 0 aliphatic carbocycles. The number of unbranched alkanes of at least 4 members (excludes halogenated alkanes) is 1. The maximum Gasteiger partial charge on any atom is 0.335 e. The van der Waals surface area contributed by atoms with Crippen molar-refractivity contribution in [3.05, 3.63) is 23.8 Å². The van der Waals surface area contributed by atoms with Gasteiger partial charge in [-0.05, 0) is 31.5 Å². The lowest BCUT2D eigenvalue weighted by Crippen LogP contribution is -2.25. The fraction of sp³-hybridized carbons (Fsp3) is 0.385. The zero-order valence-corrected chi connectivity index (χ0v) is 10.4. The van der Waals surface area contributed by atoms with Crippen molar-refractivity contribution in [2.24, 2.45) is 0 Å². The van der Waals surface area contributed by atoms with Crippen LogP contribution in [0, 0.1) is 11.3 Å². The Kier molecular flexibility index (Phi) is 5.00. The van der Waals surface area contributed by atoms with Crippen LogP contribution >= 0.6 is 0 Å². The highest BCUT2D eigenvalue weighted by molar-refractivity contribution is 5.90. The van der Waals surface area contributed by atoms with Gasteiger partial charge in [0.2, 0.25) is 0 Å². The van der Waals surface area contributed by atoms with Gasteiger partial charge in [0, 0.05) is 19.5 Å². The highest BCUT2D eigenvalue weighted by Gasteiger charge is 2.10. The number of nitrogen functional groups attached to an aromatic ring is 1. The second-order valence-electron chi connectivity index (χ2n) is 3.92. The van der Waals surface area contributed by atoms with Gasteiger partial charge >= 0.3 is 5.97 Å². The third-order valence-electron chi connectivity index (χ3n) is 2.71. The van der Waals surface area contributed by atoms with Crippen LogP contribution in [0.3, 0.4) is 0 Å². The minimum atomic E-state index is -0.985. The number of carboxylic acids is 1. The fourth-order valence-electron chi connectivity index (χ4n) is 1.77. The van der Waals surface area contributed by atoms with E-state index in [0.29, 0.717) is 12.1 Å². The molecule has 0 amide bonds. The van der Waals surface area contributed by atoms with Crippen LogP contribution in [0.4, 0.5) is 11.4 Å². The molecule has 5 heteroatoms. The number of hydrogen-bond donors (Lipinski definition) is 2. The van der Waals surface area contributed by atoms with Gasteiger partial charge in [0.1, 0.15) is 0 Å². The molecule has 0 saturated carbocycles. The number of carboxylic acid groups (broad SMARTS) is 1. The molecule has 0 atom stereocenters. The predicted molar refractivity (Wildman–Crippen MR) is 70.5 cm³/mol. The normalized spacial score (nSPS) is 9.78. The maximum atomic E-state index is 10.8. The summed E-state index contributed by atoms with van der Waals surface area (Å²) in [5.74, 6) is -0.985. The minimum Gasteiger partial charge on any atom is -0.478 e. The fourth-order valence-corrected chi connectivity index (χ4v) is 1.77. The lowest BCUT2D eigenvalue weighted by Gasteiger charge is -2.24. The summed E-state index contributed by atoms with van der Waals surface area (Å²) in [6.07, 6.45) is 1.27. The van der Waals surface area contributed by atoms with Crippen molar-refractivity contribution in [1.82, 2.24) is 0 Å². The molecule has 0 unspecified atom stereocenters. The molecular formula is C13H17N3O2. The highest BCUT2D eigenvalue weighted by Crippen LogP contribution is 2.24. The van der Waals surface area contributed by atoms with E-state index in [0.717, 1.165) is 25.2 Å². The SMILES string of the molecule is CCN(CCCC#N)c1ccc(C(=O)O)cc1N. The molecule has 1 rings (SSSR count). The molecule has 96 valence electrons. The number of nitrogens with two attached hydrogens (primary N) is 1. The lowest BCUT2D eigenvalue weighted by atomic mass is 10.1. The van der Waals surface area contributed by atoms with Gasteiger partial charge in [-0.1, -0.05) is 0 Å². The van der Waals surface area contributed by atoms with E-state index in [9.17, 15) is 4.79 Å². The van der Waals surface area contributed by atoms with Crippen molar-refractivity contribution >= 4 is 17.3 Å². The van der Waals surface area contributed by atoms with Crippen LogP contribution in [-0.2, 0) is 0 Å². The van der Waals surface area contributed by atoms with Crippen molar-refractivity contribution in [2.45, 2.75) is 19.8 Å². The van der Waals surface area contributed by atoms with E-state index in [-0.39, 0.29) is 5.56 Å². The Bertz CT molecular complexity index is 466. The lowest BCUT2D eigenvalue weighted by molar-refractivity contribution is 0.0697. The summed E-state index contributed by atoms with van der Waals surface area (Å²) in [5.41, 5.74) is 7.33. The number of anilines is 2. The quantitative estimate of drug-likeness (QED) is 0.593. The Morgan fingerprint density at radius 1 is 1.56 bits per heavy atom. The molecule has 18 heavy (non-hydrogen) atoms. The van der Waals surface area contributed by atoms with Crippen LogP contribution in [0.2, 0.25) is 0 Å². The van der Waals surface area contributed by atoms with Crippen LogP contribution < -0.4 is 10.6 Å². The molecule has 0 fully saturated rings. The number of benzene rings is 1. The first-order valence-electron chi connectivity index (χ1n) is 5.84. The summed E-state index contributed by atoms with van der Waals surface area (Å²) >= 11 is 0. The van der Waals surface area contributed by atoms with E-state index in [1.807, 2.05) is 11.8 Å². The first-order chi connectivity index (χ1) is 8.60. The van der Waals surface area contributed by atoms with Gasteiger partial charge in [-0.3, -0.25) is 0 Å². The van der Waals surface area contributed by atoms with Gasteiger partial charge in [-0.2, -0.15) is 5.26 Å². The monoisotopic (exact) mass is 247 g/mol. The summed E-state index contributed by atoms with van der Waals surface area (Å²) in [4.78, 5) is 12.8. The van der Waals surface area contributed by atoms with Gasteiger partial charge in [0.15, 0.2) is 0 Å². The molecule has 0 saturated heterocycles. The third kappa shape index (κ3) is 3.39. The van der Waals surface area contributed by atoms with E-state index in [2.05, 4.69) is 6.07 Å². The van der Waals surface area contributed by atoms with E-state index < -0.39 is 5.97 Å². The van der Waals surface area contributed by atoms with Gasteiger partial charge < -0.3 is 15.7 Å². The van der Waals surface area contributed by atoms with Crippen LogP contribution in [-0.4, -0.2) is 24.2 Å². The molecule has 1 aromatic carbocycles. The summed E-state index contributed by atoms with van der Waals surface area (Å²) in [7, 11) is 0. The second kappa shape index (κ2) is 6.50. The van der Waals surface area contributed by atoms with Crippen molar-refractivity contribution in [3.8, 4) is 6.07 Å². The number of carbonyl (C=O) groups is 1. The van der Waals surface area contributed by atoms with E-state index in [1.54, 1.807) is 12.1 Å². The number of aromatic carboxylic acids is 1. The molecule has 0 heterocycles. The first kappa shape index (κ1) is 13.8. The van der Waals surface area contributed by atoms with Crippen LogP contribution in [0.15, 0.2) is 18.2 Å². The minimum absolute atomic E-state index is 0.185. The molecule has 0 bridgehead atoms. The Labute approximate surface area is 106 Å². The topological polar surface area (TPSA) is 90.3 Å². The first-order valence-corrected chi connectivity index (χ1v) is 5.84. The maximum absolute atomic E-state index is 10.8. The average Bonchev–Trinajstić information content (AvgIpc) is 2.35. The van der Waals surface area contributed by atoms with Gasteiger partial charge in [0.05, 0.1) is 23.0 Å². The summed E-state index contributed by atoms with van der Waals surface area (Å²) in [6.45, 7) is 3.50. The van der Waals surface area contributed by atoms with Gasteiger partial charge in [0.25, 0.3) is 0 Å². The van der Waals surface area contributed by atoms with Crippen LogP contribution in [0.1, 0.15) is 30.1 Å². The molecule has 1 aromatic rings. The Balaban J connectivity index is 2.86. The average molecular weight is 247 g/mol. The molecular weight excluding hydrogens is 230 g/mol. The van der Waals surface area contributed by atoms with Crippen molar-refractivity contribution in [2.75, 3.05) is 23.7 Å². The van der Waals surface area contributed by atoms with Crippen molar-refractivity contribution in [1.29, 1.82) is 5.26 Å². The molecule has 0 aliphatic rings. The summed E-state index contributed by atoms with van der Waals surface area (Å²) in [6, 6.07) is 6.82.